The molecule has 0 aromatic heterocycles. The number of aliphatic hydroxyl groups is 1. The van der Waals surface area contributed by atoms with Crippen LogP contribution in [0.3, 0.4) is 0 Å². The van der Waals surface area contributed by atoms with Crippen molar-refractivity contribution in [2.75, 3.05) is 26.2 Å². The summed E-state index contributed by atoms with van der Waals surface area (Å²) in [6, 6.07) is 8.34. The van der Waals surface area contributed by atoms with Gasteiger partial charge >= 0.3 is 0 Å². The number of benzene rings is 1. The standard InChI is InChI=1S/C13H19BrN2O/c1-10(17)13(16-8-6-15-7-9-16)11-2-4-12(14)5-3-11/h2-5,10,13,15,17H,6-9H2,1H3. The Hall–Kier alpha value is -0.420. The zero-order valence-corrected chi connectivity index (χ0v) is 11.7. The van der Waals surface area contributed by atoms with Crippen LogP contribution < -0.4 is 5.32 Å². The van der Waals surface area contributed by atoms with Crippen LogP contribution in [0.25, 0.3) is 0 Å². The van der Waals surface area contributed by atoms with E-state index >= 15 is 0 Å². The van der Waals surface area contributed by atoms with E-state index < -0.39 is 0 Å². The van der Waals surface area contributed by atoms with Gasteiger partial charge in [-0.1, -0.05) is 28.1 Å². The van der Waals surface area contributed by atoms with Gasteiger partial charge in [0.15, 0.2) is 0 Å². The molecule has 0 amide bonds. The van der Waals surface area contributed by atoms with Crippen LogP contribution >= 0.6 is 15.9 Å². The number of rotatable bonds is 3. The third-order valence-corrected chi connectivity index (χ3v) is 3.74. The van der Waals surface area contributed by atoms with Crippen LogP contribution in [0.5, 0.6) is 0 Å². The quantitative estimate of drug-likeness (QED) is 0.893. The Morgan fingerprint density at radius 2 is 1.82 bits per heavy atom. The zero-order chi connectivity index (χ0) is 12.3. The van der Waals surface area contributed by atoms with E-state index in [4.69, 9.17) is 0 Å². The summed E-state index contributed by atoms with van der Waals surface area (Å²) in [5, 5.41) is 13.4. The van der Waals surface area contributed by atoms with Crippen LogP contribution in [0.2, 0.25) is 0 Å². The number of hydrogen-bond donors (Lipinski definition) is 2. The number of hydrogen-bond acceptors (Lipinski definition) is 3. The van der Waals surface area contributed by atoms with E-state index in [-0.39, 0.29) is 12.1 Å². The Labute approximate surface area is 111 Å². The topological polar surface area (TPSA) is 35.5 Å². The monoisotopic (exact) mass is 298 g/mol. The first-order chi connectivity index (χ1) is 8.18. The molecule has 1 saturated heterocycles. The lowest BCUT2D eigenvalue weighted by Gasteiger charge is -2.36. The van der Waals surface area contributed by atoms with Crippen molar-refractivity contribution in [3.63, 3.8) is 0 Å². The predicted molar refractivity (Wildman–Crippen MR) is 73.0 cm³/mol. The Morgan fingerprint density at radius 1 is 1.24 bits per heavy atom. The molecule has 1 fully saturated rings. The Morgan fingerprint density at radius 3 is 2.35 bits per heavy atom. The highest BCUT2D eigenvalue weighted by molar-refractivity contribution is 9.10. The fourth-order valence-electron chi connectivity index (χ4n) is 2.41. The normalized spacial score (nSPS) is 21.1. The molecule has 1 aliphatic heterocycles. The van der Waals surface area contributed by atoms with Gasteiger partial charge in [0, 0.05) is 30.7 Å². The van der Waals surface area contributed by atoms with Gasteiger partial charge in [0.1, 0.15) is 0 Å². The molecule has 2 rings (SSSR count). The van der Waals surface area contributed by atoms with Gasteiger partial charge in [-0.25, -0.2) is 0 Å². The molecule has 94 valence electrons. The fourth-order valence-corrected chi connectivity index (χ4v) is 2.68. The van der Waals surface area contributed by atoms with E-state index in [9.17, 15) is 5.11 Å². The molecular weight excluding hydrogens is 280 g/mol. The van der Waals surface area contributed by atoms with Crippen LogP contribution in [-0.4, -0.2) is 42.3 Å². The van der Waals surface area contributed by atoms with Crippen LogP contribution in [0.1, 0.15) is 18.5 Å². The first-order valence-corrected chi connectivity index (χ1v) is 6.86. The number of aliphatic hydroxyl groups excluding tert-OH is 1. The average Bonchev–Trinajstić information content (AvgIpc) is 2.33. The minimum Gasteiger partial charge on any atom is -0.391 e. The van der Waals surface area contributed by atoms with Gasteiger partial charge in [0.05, 0.1) is 12.1 Å². The lowest BCUT2D eigenvalue weighted by molar-refractivity contribution is 0.0525. The predicted octanol–water partition coefficient (Wildman–Crippen LogP) is 1.78. The molecule has 2 atom stereocenters. The zero-order valence-electron chi connectivity index (χ0n) is 10.1. The van der Waals surface area contributed by atoms with E-state index in [1.54, 1.807) is 0 Å². The molecular formula is C13H19BrN2O. The minimum atomic E-state index is -0.353. The summed E-state index contributed by atoms with van der Waals surface area (Å²) in [4.78, 5) is 2.35. The van der Waals surface area contributed by atoms with Crippen LogP contribution in [-0.2, 0) is 0 Å². The van der Waals surface area contributed by atoms with E-state index in [2.05, 4.69) is 38.3 Å². The Kier molecular flexibility index (Phi) is 4.56. The molecule has 2 unspecified atom stereocenters. The van der Waals surface area contributed by atoms with Crippen LogP contribution in [0.15, 0.2) is 28.7 Å². The summed E-state index contributed by atoms with van der Waals surface area (Å²) in [6.07, 6.45) is -0.353. The lowest BCUT2D eigenvalue weighted by Crippen LogP contribution is -2.47. The van der Waals surface area contributed by atoms with Crippen molar-refractivity contribution >= 4 is 15.9 Å². The van der Waals surface area contributed by atoms with Crippen molar-refractivity contribution in [3.8, 4) is 0 Å². The molecule has 17 heavy (non-hydrogen) atoms. The van der Waals surface area contributed by atoms with Crippen molar-refractivity contribution in [1.29, 1.82) is 0 Å². The molecule has 4 heteroatoms. The number of piperazine rings is 1. The van der Waals surface area contributed by atoms with Gasteiger partial charge in [-0.15, -0.1) is 0 Å². The molecule has 0 spiro atoms. The summed E-state index contributed by atoms with van der Waals surface area (Å²) in [7, 11) is 0. The average molecular weight is 299 g/mol. The second kappa shape index (κ2) is 5.96. The molecule has 1 aliphatic rings. The molecule has 0 saturated carbocycles. The van der Waals surface area contributed by atoms with E-state index in [0.717, 1.165) is 30.7 Å². The van der Waals surface area contributed by atoms with E-state index in [1.807, 2.05) is 19.1 Å². The molecule has 2 N–H and O–H groups in total. The second-order valence-electron chi connectivity index (χ2n) is 4.52. The maximum atomic E-state index is 10.0. The summed E-state index contributed by atoms with van der Waals surface area (Å²) >= 11 is 3.44. The summed E-state index contributed by atoms with van der Waals surface area (Å²) < 4.78 is 1.07. The molecule has 0 radical (unpaired) electrons. The largest absolute Gasteiger partial charge is 0.391 e. The molecule has 0 aliphatic carbocycles. The minimum absolute atomic E-state index is 0.102. The highest BCUT2D eigenvalue weighted by Gasteiger charge is 2.25. The molecule has 0 bridgehead atoms. The first kappa shape index (κ1) is 13.0. The van der Waals surface area contributed by atoms with Gasteiger partial charge in [-0.2, -0.15) is 0 Å². The van der Waals surface area contributed by atoms with Crippen molar-refractivity contribution in [2.45, 2.75) is 19.1 Å². The Balaban J connectivity index is 2.18. The highest BCUT2D eigenvalue weighted by atomic mass is 79.9. The van der Waals surface area contributed by atoms with E-state index in [1.165, 1.54) is 5.56 Å². The molecule has 3 nitrogen and oxygen atoms in total. The summed E-state index contributed by atoms with van der Waals surface area (Å²) in [5.74, 6) is 0. The summed E-state index contributed by atoms with van der Waals surface area (Å²) in [6.45, 7) is 5.85. The third kappa shape index (κ3) is 3.28. The van der Waals surface area contributed by atoms with Gasteiger partial charge in [0.25, 0.3) is 0 Å². The van der Waals surface area contributed by atoms with Crippen molar-refractivity contribution in [2.24, 2.45) is 0 Å². The number of halogens is 1. The van der Waals surface area contributed by atoms with Crippen molar-refractivity contribution in [1.82, 2.24) is 10.2 Å². The maximum Gasteiger partial charge on any atom is 0.0708 e. The van der Waals surface area contributed by atoms with Gasteiger partial charge in [-0.3, -0.25) is 4.90 Å². The third-order valence-electron chi connectivity index (χ3n) is 3.21. The van der Waals surface area contributed by atoms with Crippen molar-refractivity contribution in [3.05, 3.63) is 34.3 Å². The van der Waals surface area contributed by atoms with Gasteiger partial charge < -0.3 is 10.4 Å². The smallest absolute Gasteiger partial charge is 0.0708 e. The SMILES string of the molecule is CC(O)C(c1ccc(Br)cc1)N1CCNCC1. The van der Waals surface area contributed by atoms with Crippen LogP contribution in [0, 0.1) is 0 Å². The van der Waals surface area contributed by atoms with Crippen molar-refractivity contribution < 1.29 is 5.11 Å². The van der Waals surface area contributed by atoms with E-state index in [0.29, 0.717) is 0 Å². The van der Waals surface area contributed by atoms with Crippen LogP contribution in [0.4, 0.5) is 0 Å². The van der Waals surface area contributed by atoms with Gasteiger partial charge in [0.2, 0.25) is 0 Å². The maximum absolute atomic E-state index is 10.0. The second-order valence-corrected chi connectivity index (χ2v) is 5.44. The van der Waals surface area contributed by atoms with Gasteiger partial charge in [-0.05, 0) is 24.6 Å². The highest BCUT2D eigenvalue weighted by Crippen LogP contribution is 2.26. The molecule has 1 heterocycles. The molecule has 1 aromatic carbocycles. The summed E-state index contributed by atoms with van der Waals surface area (Å²) in [5.41, 5.74) is 1.19. The number of nitrogens with zero attached hydrogens (tertiary/aromatic N) is 1. The fraction of sp³-hybridized carbons (Fsp3) is 0.538. The molecule has 1 aromatic rings. The Bertz CT molecular complexity index is 347. The lowest BCUT2D eigenvalue weighted by atomic mass is 10.00. The first-order valence-electron chi connectivity index (χ1n) is 6.07. The number of nitrogens with one attached hydrogen (secondary N) is 1.